The highest BCUT2D eigenvalue weighted by Crippen LogP contribution is 2.35. The highest BCUT2D eigenvalue weighted by atomic mass is 16.6. The molecule has 10 nitrogen and oxygen atoms in total. The Kier molecular flexibility index (Phi) is 6.29. The van der Waals surface area contributed by atoms with Crippen LogP contribution in [0.15, 0.2) is 42.5 Å². The maximum absolute atomic E-state index is 11.6. The lowest BCUT2D eigenvalue weighted by atomic mass is 10.1. The smallest absolute Gasteiger partial charge is 0.335 e. The van der Waals surface area contributed by atoms with Crippen LogP contribution in [0.5, 0.6) is 23.0 Å². The summed E-state index contributed by atoms with van der Waals surface area (Å²) in [5, 5.41) is 31.9. The van der Waals surface area contributed by atoms with E-state index in [0.717, 1.165) is 0 Å². The SMILES string of the molecule is Cc1cc(Oc2cc(Oc3cc(C)c([N+](=O)[O-])c(C)c3)cc(C(=O)O)c2)cc(C)c1[N+](=O)[O-]. The van der Waals surface area contributed by atoms with E-state index in [1.54, 1.807) is 27.7 Å². The van der Waals surface area contributed by atoms with Crippen LogP contribution < -0.4 is 9.47 Å². The predicted molar refractivity (Wildman–Crippen MR) is 119 cm³/mol. The number of aromatic carboxylic acids is 1. The quantitative estimate of drug-likeness (QED) is 0.339. The van der Waals surface area contributed by atoms with Crippen molar-refractivity contribution >= 4 is 17.3 Å². The Balaban J connectivity index is 1.98. The second-order valence-electron chi connectivity index (χ2n) is 7.53. The first-order chi connectivity index (χ1) is 15.5. The van der Waals surface area contributed by atoms with Gasteiger partial charge in [-0.15, -0.1) is 0 Å². The fourth-order valence-electron chi connectivity index (χ4n) is 3.61. The third-order valence-electron chi connectivity index (χ3n) is 4.89. The summed E-state index contributed by atoms with van der Waals surface area (Å²) in [6.07, 6.45) is 0. The van der Waals surface area contributed by atoms with E-state index in [9.17, 15) is 30.1 Å². The number of nitrogens with zero attached hydrogens (tertiary/aromatic N) is 2. The summed E-state index contributed by atoms with van der Waals surface area (Å²) in [6, 6.07) is 10.0. The zero-order valence-corrected chi connectivity index (χ0v) is 18.2. The van der Waals surface area contributed by atoms with Crippen molar-refractivity contribution in [2.24, 2.45) is 0 Å². The molecule has 10 heteroatoms. The number of benzene rings is 3. The number of hydrogen-bond donors (Lipinski definition) is 1. The molecule has 0 aromatic heterocycles. The predicted octanol–water partition coefficient (Wildman–Crippen LogP) is 6.02. The highest BCUT2D eigenvalue weighted by Gasteiger charge is 2.19. The number of nitro benzene ring substituents is 2. The average molecular weight is 452 g/mol. The molecule has 3 aromatic rings. The molecule has 3 aromatic carbocycles. The third kappa shape index (κ3) is 5.06. The van der Waals surface area contributed by atoms with E-state index >= 15 is 0 Å². The largest absolute Gasteiger partial charge is 0.478 e. The topological polar surface area (TPSA) is 142 Å². The van der Waals surface area contributed by atoms with Crippen molar-refractivity contribution in [1.29, 1.82) is 0 Å². The fourth-order valence-corrected chi connectivity index (χ4v) is 3.61. The van der Waals surface area contributed by atoms with Gasteiger partial charge in [0.15, 0.2) is 0 Å². The molecule has 0 radical (unpaired) electrons. The first-order valence-corrected chi connectivity index (χ1v) is 9.71. The van der Waals surface area contributed by atoms with Crippen LogP contribution in [-0.4, -0.2) is 20.9 Å². The standard InChI is InChI=1S/C23H20N2O8/c1-12-5-17(6-13(2)21(12)24(28)29)32-19-9-16(23(26)27)10-20(11-19)33-18-7-14(3)22(25(30)31)15(4)8-18/h5-11H,1-4H3,(H,26,27). The number of carboxylic acid groups (broad SMARTS) is 1. The Morgan fingerprint density at radius 1 is 0.667 bits per heavy atom. The number of rotatable bonds is 7. The van der Waals surface area contributed by atoms with E-state index in [1.165, 1.54) is 42.5 Å². The Morgan fingerprint density at radius 2 is 0.970 bits per heavy atom. The summed E-state index contributed by atoms with van der Waals surface area (Å²) >= 11 is 0. The maximum Gasteiger partial charge on any atom is 0.335 e. The lowest BCUT2D eigenvalue weighted by Crippen LogP contribution is -2.00. The average Bonchev–Trinajstić information content (AvgIpc) is 2.65. The number of carboxylic acids is 1. The molecule has 0 unspecified atom stereocenters. The zero-order chi connectivity index (χ0) is 24.4. The van der Waals surface area contributed by atoms with Crippen LogP contribution in [0, 0.1) is 47.9 Å². The van der Waals surface area contributed by atoms with Crippen LogP contribution in [-0.2, 0) is 0 Å². The highest BCUT2D eigenvalue weighted by molar-refractivity contribution is 5.88. The van der Waals surface area contributed by atoms with Crippen LogP contribution in [0.25, 0.3) is 0 Å². The number of carbonyl (C=O) groups is 1. The van der Waals surface area contributed by atoms with E-state index in [2.05, 4.69) is 0 Å². The van der Waals surface area contributed by atoms with Crippen molar-refractivity contribution in [1.82, 2.24) is 0 Å². The molecule has 0 spiro atoms. The number of nitro groups is 2. The number of hydrogen-bond acceptors (Lipinski definition) is 7. The molecule has 0 saturated heterocycles. The lowest BCUT2D eigenvalue weighted by Gasteiger charge is -2.13. The molecule has 0 heterocycles. The van der Waals surface area contributed by atoms with Crippen LogP contribution in [0.1, 0.15) is 32.6 Å². The van der Waals surface area contributed by atoms with Gasteiger partial charge in [0.05, 0.1) is 15.4 Å². The Bertz CT molecular complexity index is 1160. The molecule has 33 heavy (non-hydrogen) atoms. The van der Waals surface area contributed by atoms with Crippen molar-refractivity contribution in [2.45, 2.75) is 27.7 Å². The Morgan fingerprint density at radius 3 is 1.24 bits per heavy atom. The molecule has 0 fully saturated rings. The van der Waals surface area contributed by atoms with Gasteiger partial charge < -0.3 is 14.6 Å². The minimum absolute atomic E-state index is 0.0189. The summed E-state index contributed by atoms with van der Waals surface area (Å²) < 4.78 is 11.6. The van der Waals surface area contributed by atoms with E-state index < -0.39 is 15.8 Å². The van der Waals surface area contributed by atoms with Gasteiger partial charge in [0.1, 0.15) is 23.0 Å². The van der Waals surface area contributed by atoms with Gasteiger partial charge in [0, 0.05) is 28.3 Å². The minimum atomic E-state index is -1.21. The van der Waals surface area contributed by atoms with Gasteiger partial charge in [-0.3, -0.25) is 20.2 Å². The summed E-state index contributed by atoms with van der Waals surface area (Å²) in [5.74, 6) is -0.324. The molecular weight excluding hydrogens is 432 g/mol. The molecule has 0 aliphatic rings. The number of aryl methyl sites for hydroxylation is 4. The third-order valence-corrected chi connectivity index (χ3v) is 4.89. The van der Waals surface area contributed by atoms with E-state index in [0.29, 0.717) is 33.8 Å². The second kappa shape index (κ2) is 8.95. The van der Waals surface area contributed by atoms with Crippen LogP contribution in [0.4, 0.5) is 11.4 Å². The normalized spacial score (nSPS) is 10.5. The molecule has 0 aliphatic heterocycles. The zero-order valence-electron chi connectivity index (χ0n) is 18.2. The van der Waals surface area contributed by atoms with Gasteiger partial charge in [0.2, 0.25) is 0 Å². The molecule has 1 N–H and O–H groups in total. The Labute approximate surface area is 188 Å². The van der Waals surface area contributed by atoms with Crippen LogP contribution >= 0.6 is 0 Å². The van der Waals surface area contributed by atoms with Gasteiger partial charge in [-0.25, -0.2) is 4.79 Å². The van der Waals surface area contributed by atoms with Crippen molar-refractivity contribution in [2.75, 3.05) is 0 Å². The van der Waals surface area contributed by atoms with Crippen molar-refractivity contribution in [3.8, 4) is 23.0 Å². The molecular formula is C23H20N2O8. The summed E-state index contributed by atoms with van der Waals surface area (Å²) in [7, 11) is 0. The Hall–Kier alpha value is -4.47. The minimum Gasteiger partial charge on any atom is -0.478 e. The van der Waals surface area contributed by atoms with Gasteiger partial charge in [-0.2, -0.15) is 0 Å². The van der Waals surface area contributed by atoms with Crippen molar-refractivity contribution < 1.29 is 29.2 Å². The van der Waals surface area contributed by atoms with Gasteiger partial charge in [0.25, 0.3) is 11.4 Å². The second-order valence-corrected chi connectivity index (χ2v) is 7.53. The van der Waals surface area contributed by atoms with E-state index in [-0.39, 0.29) is 28.4 Å². The monoisotopic (exact) mass is 452 g/mol. The summed E-state index contributed by atoms with van der Waals surface area (Å²) in [5.41, 5.74) is 1.46. The summed E-state index contributed by atoms with van der Waals surface area (Å²) in [6.45, 7) is 6.33. The molecule has 0 amide bonds. The van der Waals surface area contributed by atoms with Crippen molar-refractivity contribution in [3.63, 3.8) is 0 Å². The maximum atomic E-state index is 11.6. The molecule has 0 aliphatic carbocycles. The molecule has 0 atom stereocenters. The first-order valence-electron chi connectivity index (χ1n) is 9.71. The van der Waals surface area contributed by atoms with Gasteiger partial charge in [-0.1, -0.05) is 0 Å². The van der Waals surface area contributed by atoms with Gasteiger partial charge in [-0.05, 0) is 64.1 Å². The van der Waals surface area contributed by atoms with Crippen LogP contribution in [0.2, 0.25) is 0 Å². The number of ether oxygens (including phenoxy) is 2. The fraction of sp³-hybridized carbons (Fsp3) is 0.174. The van der Waals surface area contributed by atoms with Crippen molar-refractivity contribution in [3.05, 3.63) is 90.5 Å². The molecule has 0 bridgehead atoms. The van der Waals surface area contributed by atoms with Gasteiger partial charge >= 0.3 is 5.97 Å². The molecule has 170 valence electrons. The lowest BCUT2D eigenvalue weighted by molar-refractivity contribution is -0.386. The first kappa shape index (κ1) is 23.2. The van der Waals surface area contributed by atoms with E-state index in [4.69, 9.17) is 9.47 Å². The van der Waals surface area contributed by atoms with Crippen LogP contribution in [0.3, 0.4) is 0 Å². The molecule has 0 saturated carbocycles. The summed E-state index contributed by atoms with van der Waals surface area (Å²) in [4.78, 5) is 33.1. The molecule has 3 rings (SSSR count). The van der Waals surface area contributed by atoms with E-state index in [1.807, 2.05) is 0 Å².